The first-order valence-electron chi connectivity index (χ1n) is 8.48. The lowest BCUT2D eigenvalue weighted by Gasteiger charge is -2.28. The zero-order valence-corrected chi connectivity index (χ0v) is 14.8. The Morgan fingerprint density at radius 1 is 1.24 bits per heavy atom. The highest BCUT2D eigenvalue weighted by molar-refractivity contribution is 5.95. The van der Waals surface area contributed by atoms with Crippen LogP contribution in [0.5, 0.6) is 0 Å². The Morgan fingerprint density at radius 2 is 1.92 bits per heavy atom. The molecule has 6 nitrogen and oxygen atoms in total. The number of carboxylic acid groups (broad SMARTS) is 1. The van der Waals surface area contributed by atoms with Crippen molar-refractivity contribution >= 4 is 11.9 Å². The number of hydrogen-bond donors (Lipinski definition) is 1. The second-order valence-electron chi connectivity index (χ2n) is 7.10. The molecule has 0 aliphatic carbocycles. The van der Waals surface area contributed by atoms with Crippen LogP contribution < -0.4 is 0 Å². The van der Waals surface area contributed by atoms with Crippen LogP contribution in [0.1, 0.15) is 36.2 Å². The van der Waals surface area contributed by atoms with E-state index in [0.29, 0.717) is 18.5 Å². The number of nitrogens with zero attached hydrogens (tertiary/aromatic N) is 3. The highest BCUT2D eigenvalue weighted by atomic mass is 16.4. The third-order valence-corrected chi connectivity index (χ3v) is 5.21. The van der Waals surface area contributed by atoms with Crippen LogP contribution in [0, 0.1) is 18.3 Å². The number of aryl methyl sites for hydroxylation is 1. The molecule has 0 saturated carbocycles. The van der Waals surface area contributed by atoms with Crippen LogP contribution in [-0.2, 0) is 4.79 Å². The number of likely N-dealkylation sites (tertiary alicyclic amines) is 1. The van der Waals surface area contributed by atoms with Gasteiger partial charge in [-0.1, -0.05) is 13.8 Å². The van der Waals surface area contributed by atoms with Crippen LogP contribution in [0.2, 0.25) is 0 Å². The van der Waals surface area contributed by atoms with Crippen molar-refractivity contribution < 1.29 is 14.7 Å². The maximum Gasteiger partial charge on any atom is 0.311 e. The molecule has 0 spiro atoms. The number of aromatic nitrogens is 2. The Hall–Kier alpha value is -2.63. The molecule has 3 rings (SSSR count). The Kier molecular flexibility index (Phi) is 4.37. The minimum atomic E-state index is -0.845. The fourth-order valence-electron chi connectivity index (χ4n) is 3.39. The van der Waals surface area contributed by atoms with E-state index in [0.717, 1.165) is 11.3 Å². The molecule has 132 valence electrons. The molecule has 1 aromatic heterocycles. The fraction of sp³-hybridized carbons (Fsp3) is 0.421. The summed E-state index contributed by atoms with van der Waals surface area (Å²) in [6, 6.07) is 7.24. The predicted octanol–water partition coefficient (Wildman–Crippen LogP) is 2.75. The summed E-state index contributed by atoms with van der Waals surface area (Å²) in [6.07, 6.45) is 4.19. The SMILES string of the molecule is Cc1cnn(-c2ccc(C(=O)N3CCC(C(=O)O)(C(C)C)C3)cc2)c1. The lowest BCUT2D eigenvalue weighted by atomic mass is 9.76. The van der Waals surface area contributed by atoms with Crippen LogP contribution in [0.4, 0.5) is 0 Å². The molecule has 2 aromatic rings. The van der Waals surface area contributed by atoms with Gasteiger partial charge in [-0.05, 0) is 49.1 Å². The molecule has 6 heteroatoms. The molecule has 1 aliphatic heterocycles. The molecule has 1 amide bonds. The zero-order chi connectivity index (χ0) is 18.2. The zero-order valence-electron chi connectivity index (χ0n) is 14.8. The summed E-state index contributed by atoms with van der Waals surface area (Å²) in [5.74, 6) is -0.956. The Balaban J connectivity index is 1.77. The number of carbonyl (C=O) groups excluding carboxylic acids is 1. The van der Waals surface area contributed by atoms with Gasteiger partial charge in [0.2, 0.25) is 0 Å². The maximum atomic E-state index is 12.7. The lowest BCUT2D eigenvalue weighted by Crippen LogP contribution is -2.40. The van der Waals surface area contributed by atoms with Crippen molar-refractivity contribution in [2.75, 3.05) is 13.1 Å². The number of rotatable bonds is 4. The third kappa shape index (κ3) is 3.04. The van der Waals surface area contributed by atoms with E-state index in [1.54, 1.807) is 27.9 Å². The first-order valence-corrected chi connectivity index (χ1v) is 8.48. The van der Waals surface area contributed by atoms with Crippen LogP contribution in [0.15, 0.2) is 36.7 Å². The average Bonchev–Trinajstić information content (AvgIpc) is 3.22. The van der Waals surface area contributed by atoms with Crippen LogP contribution >= 0.6 is 0 Å². The number of amides is 1. The maximum absolute atomic E-state index is 12.7. The average molecular weight is 341 g/mol. The molecular formula is C19H23N3O3. The standard InChI is InChI=1S/C19H23N3O3/c1-13(2)19(18(24)25)8-9-21(12-19)17(23)15-4-6-16(7-5-15)22-11-14(3)10-20-22/h4-7,10-11,13H,8-9,12H2,1-3H3,(H,24,25). The summed E-state index contributed by atoms with van der Waals surface area (Å²) in [4.78, 5) is 26.1. The Morgan fingerprint density at radius 3 is 2.40 bits per heavy atom. The van der Waals surface area contributed by atoms with E-state index in [-0.39, 0.29) is 18.4 Å². The van der Waals surface area contributed by atoms with Crippen molar-refractivity contribution in [3.63, 3.8) is 0 Å². The molecule has 0 bridgehead atoms. The molecule has 25 heavy (non-hydrogen) atoms. The molecule has 1 atom stereocenters. The van der Waals surface area contributed by atoms with E-state index in [2.05, 4.69) is 5.10 Å². The van der Waals surface area contributed by atoms with Crippen LogP contribution in [0.25, 0.3) is 5.69 Å². The summed E-state index contributed by atoms with van der Waals surface area (Å²) < 4.78 is 1.76. The number of benzene rings is 1. The Labute approximate surface area is 147 Å². The molecule has 1 aliphatic rings. The van der Waals surface area contributed by atoms with Gasteiger partial charge in [0.05, 0.1) is 17.3 Å². The highest BCUT2D eigenvalue weighted by Crippen LogP contribution is 2.38. The fourth-order valence-corrected chi connectivity index (χ4v) is 3.39. The van der Waals surface area contributed by atoms with E-state index in [9.17, 15) is 14.7 Å². The van der Waals surface area contributed by atoms with Gasteiger partial charge in [0.25, 0.3) is 5.91 Å². The van der Waals surface area contributed by atoms with Crippen molar-refractivity contribution in [2.45, 2.75) is 27.2 Å². The summed E-state index contributed by atoms with van der Waals surface area (Å²) in [5.41, 5.74) is 1.67. The predicted molar refractivity (Wildman–Crippen MR) is 93.7 cm³/mol. The van der Waals surface area contributed by atoms with E-state index >= 15 is 0 Å². The summed E-state index contributed by atoms with van der Waals surface area (Å²) in [5, 5.41) is 13.9. The van der Waals surface area contributed by atoms with Gasteiger partial charge in [-0.3, -0.25) is 9.59 Å². The molecule has 2 heterocycles. The highest BCUT2D eigenvalue weighted by Gasteiger charge is 2.48. The van der Waals surface area contributed by atoms with Gasteiger partial charge in [-0.25, -0.2) is 4.68 Å². The van der Waals surface area contributed by atoms with Crippen molar-refractivity contribution in [1.29, 1.82) is 0 Å². The van der Waals surface area contributed by atoms with E-state index in [4.69, 9.17) is 0 Å². The quantitative estimate of drug-likeness (QED) is 0.928. The first kappa shape index (κ1) is 17.2. The van der Waals surface area contributed by atoms with Gasteiger partial charge in [0.15, 0.2) is 0 Å². The monoisotopic (exact) mass is 341 g/mol. The summed E-state index contributed by atoms with van der Waals surface area (Å²) in [6.45, 7) is 6.52. The van der Waals surface area contributed by atoms with Crippen molar-refractivity contribution in [3.8, 4) is 5.69 Å². The second-order valence-corrected chi connectivity index (χ2v) is 7.10. The van der Waals surface area contributed by atoms with Crippen molar-refractivity contribution in [2.24, 2.45) is 11.3 Å². The van der Waals surface area contributed by atoms with E-state index in [1.807, 2.05) is 39.1 Å². The lowest BCUT2D eigenvalue weighted by molar-refractivity contribution is -0.150. The molecule has 1 aromatic carbocycles. The van der Waals surface area contributed by atoms with Crippen molar-refractivity contribution in [1.82, 2.24) is 14.7 Å². The third-order valence-electron chi connectivity index (χ3n) is 5.21. The van der Waals surface area contributed by atoms with Crippen molar-refractivity contribution in [3.05, 3.63) is 47.8 Å². The van der Waals surface area contributed by atoms with Gasteiger partial charge in [-0.2, -0.15) is 5.10 Å². The largest absolute Gasteiger partial charge is 0.481 e. The Bertz CT molecular complexity index is 795. The molecular weight excluding hydrogens is 318 g/mol. The number of hydrogen-bond acceptors (Lipinski definition) is 3. The molecule has 1 saturated heterocycles. The molecule has 1 fully saturated rings. The first-order chi connectivity index (χ1) is 11.8. The number of carboxylic acids is 1. The molecule has 0 radical (unpaired) electrons. The van der Waals surface area contributed by atoms with Crippen LogP contribution in [-0.4, -0.2) is 44.8 Å². The summed E-state index contributed by atoms with van der Waals surface area (Å²) in [7, 11) is 0. The number of aliphatic carboxylic acids is 1. The normalized spacial score (nSPS) is 20.2. The minimum Gasteiger partial charge on any atom is -0.481 e. The second kappa shape index (κ2) is 6.35. The minimum absolute atomic E-state index is 0.0202. The molecule has 1 unspecified atom stereocenters. The van der Waals surface area contributed by atoms with E-state index < -0.39 is 11.4 Å². The van der Waals surface area contributed by atoms with Crippen LogP contribution in [0.3, 0.4) is 0 Å². The van der Waals surface area contributed by atoms with E-state index in [1.165, 1.54) is 0 Å². The summed E-state index contributed by atoms with van der Waals surface area (Å²) >= 11 is 0. The van der Waals surface area contributed by atoms with Gasteiger partial charge in [0, 0.05) is 24.8 Å². The molecule has 1 N–H and O–H groups in total. The van der Waals surface area contributed by atoms with Gasteiger partial charge in [-0.15, -0.1) is 0 Å². The topological polar surface area (TPSA) is 75.4 Å². The smallest absolute Gasteiger partial charge is 0.311 e. The van der Waals surface area contributed by atoms with Gasteiger partial charge >= 0.3 is 5.97 Å². The van der Waals surface area contributed by atoms with Gasteiger partial charge < -0.3 is 10.0 Å². The van der Waals surface area contributed by atoms with Gasteiger partial charge in [0.1, 0.15) is 0 Å². The number of carbonyl (C=O) groups is 2.